The number of sulfonamides is 1. The lowest BCUT2D eigenvalue weighted by Crippen LogP contribution is -2.43. The summed E-state index contributed by atoms with van der Waals surface area (Å²) in [6.07, 6.45) is 1.74. The molecule has 0 fully saturated rings. The van der Waals surface area contributed by atoms with Crippen molar-refractivity contribution in [1.29, 1.82) is 0 Å². The topological polar surface area (TPSA) is 46.2 Å². The summed E-state index contributed by atoms with van der Waals surface area (Å²) >= 11 is 3.27. The average Bonchev–Trinajstić information content (AvgIpc) is 2.15. The van der Waals surface area contributed by atoms with E-state index in [9.17, 15) is 8.42 Å². The predicted molar refractivity (Wildman–Crippen MR) is 73.5 cm³/mol. The Morgan fingerprint density at radius 1 is 1.35 bits per heavy atom. The zero-order valence-electron chi connectivity index (χ0n) is 10.3. The van der Waals surface area contributed by atoms with E-state index in [4.69, 9.17) is 0 Å². The number of hydrogen-bond donors (Lipinski definition) is 1. The van der Waals surface area contributed by atoms with Gasteiger partial charge in [-0.1, -0.05) is 35.3 Å². The number of halogens is 1. The van der Waals surface area contributed by atoms with Crippen molar-refractivity contribution in [1.82, 2.24) is 4.72 Å². The van der Waals surface area contributed by atoms with E-state index in [0.29, 0.717) is 0 Å². The van der Waals surface area contributed by atoms with Crippen molar-refractivity contribution in [3.05, 3.63) is 28.7 Å². The van der Waals surface area contributed by atoms with Gasteiger partial charge in [-0.2, -0.15) is 0 Å². The van der Waals surface area contributed by atoms with Gasteiger partial charge in [-0.05, 0) is 38.5 Å². The van der Waals surface area contributed by atoms with E-state index in [1.54, 1.807) is 24.3 Å². The molecule has 0 unspecified atom stereocenters. The second kappa shape index (κ2) is 5.50. The van der Waals surface area contributed by atoms with Crippen molar-refractivity contribution in [2.45, 2.75) is 44.0 Å². The van der Waals surface area contributed by atoms with Crippen LogP contribution in [0.5, 0.6) is 0 Å². The molecule has 0 saturated carbocycles. The van der Waals surface area contributed by atoms with Gasteiger partial charge in [-0.15, -0.1) is 0 Å². The minimum absolute atomic E-state index is 0.288. The van der Waals surface area contributed by atoms with E-state index in [0.717, 1.165) is 17.3 Å². The molecule has 0 aromatic heterocycles. The molecule has 0 heterocycles. The van der Waals surface area contributed by atoms with Crippen LogP contribution >= 0.6 is 15.9 Å². The fourth-order valence-electron chi connectivity index (χ4n) is 1.73. The van der Waals surface area contributed by atoms with Crippen molar-refractivity contribution in [3.63, 3.8) is 0 Å². The molecular formula is C12H18BrNO2S. The summed E-state index contributed by atoms with van der Waals surface area (Å²) in [6.45, 7) is 5.83. The van der Waals surface area contributed by atoms with Crippen LogP contribution in [0.25, 0.3) is 0 Å². The van der Waals surface area contributed by atoms with E-state index in [2.05, 4.69) is 20.7 Å². The van der Waals surface area contributed by atoms with Crippen molar-refractivity contribution in [2.24, 2.45) is 0 Å². The standard InChI is InChI=1S/C12H18BrNO2S/c1-4-8-12(2,3)14-17(15,16)11-7-5-6-10(13)9-11/h5-7,9,14H,4,8H2,1-3H3. The van der Waals surface area contributed by atoms with Crippen LogP contribution in [0.3, 0.4) is 0 Å². The summed E-state index contributed by atoms with van der Waals surface area (Å²) in [5, 5.41) is 0. The van der Waals surface area contributed by atoms with E-state index < -0.39 is 15.6 Å². The molecule has 17 heavy (non-hydrogen) atoms. The summed E-state index contributed by atoms with van der Waals surface area (Å²) in [5.41, 5.74) is -0.421. The first-order valence-corrected chi connectivity index (χ1v) is 7.84. The highest BCUT2D eigenvalue weighted by Crippen LogP contribution is 2.19. The highest BCUT2D eigenvalue weighted by atomic mass is 79.9. The van der Waals surface area contributed by atoms with Crippen molar-refractivity contribution in [3.8, 4) is 0 Å². The van der Waals surface area contributed by atoms with Crippen LogP contribution < -0.4 is 4.72 Å². The van der Waals surface area contributed by atoms with Gasteiger partial charge in [-0.3, -0.25) is 0 Å². The molecule has 0 radical (unpaired) electrons. The third-order valence-corrected chi connectivity index (χ3v) is 4.58. The van der Waals surface area contributed by atoms with E-state index in [1.165, 1.54) is 0 Å². The highest BCUT2D eigenvalue weighted by molar-refractivity contribution is 9.10. The van der Waals surface area contributed by atoms with Crippen LogP contribution in [-0.2, 0) is 10.0 Å². The summed E-state index contributed by atoms with van der Waals surface area (Å²) < 4.78 is 27.8. The normalized spacial score (nSPS) is 12.7. The zero-order valence-corrected chi connectivity index (χ0v) is 12.7. The van der Waals surface area contributed by atoms with Crippen LogP contribution in [-0.4, -0.2) is 14.0 Å². The van der Waals surface area contributed by atoms with E-state index in [1.807, 2.05) is 20.8 Å². The molecule has 1 aromatic carbocycles. The summed E-state index contributed by atoms with van der Waals surface area (Å²) in [4.78, 5) is 0.288. The Balaban J connectivity index is 2.97. The minimum atomic E-state index is -3.44. The van der Waals surface area contributed by atoms with Gasteiger partial charge in [0, 0.05) is 10.0 Å². The maximum atomic E-state index is 12.1. The monoisotopic (exact) mass is 319 g/mol. The summed E-state index contributed by atoms with van der Waals surface area (Å²) in [7, 11) is -3.44. The number of rotatable bonds is 5. The maximum absolute atomic E-state index is 12.1. The molecule has 0 amide bonds. The molecule has 3 nitrogen and oxygen atoms in total. The second-order valence-electron chi connectivity index (χ2n) is 4.70. The maximum Gasteiger partial charge on any atom is 0.241 e. The van der Waals surface area contributed by atoms with E-state index in [-0.39, 0.29) is 4.90 Å². The third-order valence-electron chi connectivity index (χ3n) is 2.39. The van der Waals surface area contributed by atoms with Gasteiger partial charge in [0.1, 0.15) is 0 Å². The number of benzene rings is 1. The number of nitrogens with one attached hydrogen (secondary N) is 1. The molecule has 0 spiro atoms. The molecule has 0 aliphatic rings. The first-order chi connectivity index (χ1) is 7.77. The Bertz CT molecular complexity index is 483. The van der Waals surface area contributed by atoms with Gasteiger partial charge >= 0.3 is 0 Å². The second-order valence-corrected chi connectivity index (χ2v) is 7.29. The Labute approximate surface area is 112 Å². The molecule has 1 rings (SSSR count). The minimum Gasteiger partial charge on any atom is -0.207 e. The lowest BCUT2D eigenvalue weighted by Gasteiger charge is -2.25. The molecule has 1 aromatic rings. The molecule has 0 aliphatic carbocycles. The third kappa shape index (κ3) is 4.41. The van der Waals surface area contributed by atoms with Crippen molar-refractivity contribution < 1.29 is 8.42 Å². The van der Waals surface area contributed by atoms with Crippen LogP contribution in [0.15, 0.2) is 33.6 Å². The quantitative estimate of drug-likeness (QED) is 0.905. The zero-order chi connectivity index (χ0) is 13.1. The fourth-order valence-corrected chi connectivity index (χ4v) is 3.77. The molecule has 0 bridgehead atoms. The van der Waals surface area contributed by atoms with Crippen LogP contribution in [0.2, 0.25) is 0 Å². The molecule has 0 aliphatic heterocycles. The summed E-state index contributed by atoms with van der Waals surface area (Å²) in [5.74, 6) is 0. The Morgan fingerprint density at radius 3 is 2.53 bits per heavy atom. The van der Waals surface area contributed by atoms with Gasteiger partial charge < -0.3 is 0 Å². The highest BCUT2D eigenvalue weighted by Gasteiger charge is 2.25. The van der Waals surface area contributed by atoms with Gasteiger partial charge in [0.25, 0.3) is 0 Å². The molecular weight excluding hydrogens is 302 g/mol. The molecule has 5 heteroatoms. The van der Waals surface area contributed by atoms with Gasteiger partial charge in [0.2, 0.25) is 10.0 Å². The fraction of sp³-hybridized carbons (Fsp3) is 0.500. The molecule has 1 N–H and O–H groups in total. The summed E-state index contributed by atoms with van der Waals surface area (Å²) in [6, 6.07) is 6.71. The molecule has 96 valence electrons. The van der Waals surface area contributed by atoms with Gasteiger partial charge in [0.15, 0.2) is 0 Å². The molecule has 0 atom stereocenters. The predicted octanol–water partition coefficient (Wildman–Crippen LogP) is 3.31. The first kappa shape index (κ1) is 14.7. The first-order valence-electron chi connectivity index (χ1n) is 5.56. The lowest BCUT2D eigenvalue weighted by molar-refractivity contribution is 0.418. The van der Waals surface area contributed by atoms with Gasteiger partial charge in [0.05, 0.1) is 4.90 Å². The Kier molecular flexibility index (Phi) is 4.75. The smallest absolute Gasteiger partial charge is 0.207 e. The van der Waals surface area contributed by atoms with Crippen molar-refractivity contribution >= 4 is 26.0 Å². The van der Waals surface area contributed by atoms with Crippen LogP contribution in [0, 0.1) is 0 Å². The SMILES string of the molecule is CCCC(C)(C)NS(=O)(=O)c1cccc(Br)c1. The van der Waals surface area contributed by atoms with Crippen LogP contribution in [0.1, 0.15) is 33.6 Å². The van der Waals surface area contributed by atoms with E-state index >= 15 is 0 Å². The number of hydrogen-bond acceptors (Lipinski definition) is 2. The van der Waals surface area contributed by atoms with Crippen molar-refractivity contribution in [2.75, 3.05) is 0 Å². The molecule has 0 saturated heterocycles. The Hall–Kier alpha value is -0.390. The average molecular weight is 320 g/mol. The van der Waals surface area contributed by atoms with Gasteiger partial charge in [-0.25, -0.2) is 13.1 Å². The van der Waals surface area contributed by atoms with Crippen LogP contribution in [0.4, 0.5) is 0 Å². The lowest BCUT2D eigenvalue weighted by atomic mass is 10.0. The largest absolute Gasteiger partial charge is 0.241 e. The Morgan fingerprint density at radius 2 is 2.00 bits per heavy atom.